The first-order chi connectivity index (χ1) is 25.0. The van der Waals surface area contributed by atoms with Crippen LogP contribution in [0.5, 0.6) is 5.75 Å². The number of carbonyl (C=O) groups is 6. The minimum Gasteiger partial charge on any atom is -0.508 e. The Labute approximate surface area is 313 Å². The van der Waals surface area contributed by atoms with Gasteiger partial charge in [-0.2, -0.15) is 0 Å². The largest absolute Gasteiger partial charge is 0.508 e. The lowest BCUT2D eigenvalue weighted by Gasteiger charge is -2.33. The Balaban J connectivity index is 2.35. The number of carboxylic acid groups (broad SMARTS) is 1. The first-order valence-corrected chi connectivity index (χ1v) is 19.0. The van der Waals surface area contributed by atoms with Crippen LogP contribution in [0.25, 0.3) is 0 Å². The summed E-state index contributed by atoms with van der Waals surface area (Å²) in [6.07, 6.45) is 3.92. The van der Waals surface area contributed by atoms with Gasteiger partial charge in [0.2, 0.25) is 29.5 Å². The molecule has 10 N–H and O–H groups in total. The topological polar surface area (TPSA) is 246 Å². The fourth-order valence-electron chi connectivity index (χ4n) is 6.32. The van der Waals surface area contributed by atoms with E-state index in [0.717, 1.165) is 6.42 Å². The second-order valence-corrected chi connectivity index (χ2v) is 14.8. The summed E-state index contributed by atoms with van der Waals surface area (Å²) in [5.74, 6) is -4.60. The molecule has 0 spiro atoms. The molecule has 53 heavy (non-hydrogen) atoms. The SMILES string of the molecule is CC[C@H](C)[C@H](NC(=O)[C@H](Cc1ccc(O)cc1)NC(=O)[C@@H]1CCCN1C(=O)[C@@H](NC(=O)[C@@H](N)CCCCN)[C@@H](C)CC)C(=O)N[C@@H](CC(C)C)C(=O)O. The van der Waals surface area contributed by atoms with Gasteiger partial charge in [-0.25, -0.2) is 4.79 Å². The number of unbranched alkanes of at least 4 members (excludes halogenated alkanes) is 1. The molecule has 0 saturated carbocycles. The van der Waals surface area contributed by atoms with E-state index in [4.69, 9.17) is 11.5 Å². The van der Waals surface area contributed by atoms with Crippen LogP contribution in [0.2, 0.25) is 0 Å². The molecule has 0 aliphatic carbocycles. The number of hydrogen-bond donors (Lipinski definition) is 8. The Hall–Kier alpha value is -4.24. The summed E-state index contributed by atoms with van der Waals surface area (Å²) < 4.78 is 0. The normalized spacial score (nSPS) is 18.2. The van der Waals surface area contributed by atoms with Crippen molar-refractivity contribution in [2.24, 2.45) is 29.2 Å². The molecular weight excluding hydrogens is 682 g/mol. The number of hydrogen-bond acceptors (Lipinski definition) is 9. The summed E-state index contributed by atoms with van der Waals surface area (Å²) >= 11 is 0. The highest BCUT2D eigenvalue weighted by molar-refractivity contribution is 5.97. The third-order valence-electron chi connectivity index (χ3n) is 10.0. The number of carboxylic acids is 1. The molecule has 1 fully saturated rings. The maximum Gasteiger partial charge on any atom is 0.326 e. The number of amides is 5. The zero-order valence-electron chi connectivity index (χ0n) is 32.2. The highest BCUT2D eigenvalue weighted by Gasteiger charge is 2.41. The van der Waals surface area contributed by atoms with Crippen molar-refractivity contribution in [1.29, 1.82) is 0 Å². The van der Waals surface area contributed by atoms with E-state index in [0.29, 0.717) is 50.6 Å². The zero-order chi connectivity index (χ0) is 39.8. The van der Waals surface area contributed by atoms with Gasteiger partial charge in [-0.1, -0.05) is 72.9 Å². The van der Waals surface area contributed by atoms with Crippen molar-refractivity contribution in [2.45, 2.75) is 136 Å². The smallest absolute Gasteiger partial charge is 0.326 e. The molecule has 15 heteroatoms. The number of nitrogens with zero attached hydrogens (tertiary/aromatic N) is 1. The van der Waals surface area contributed by atoms with Gasteiger partial charge < -0.3 is 47.8 Å². The molecule has 1 aromatic rings. The van der Waals surface area contributed by atoms with E-state index in [9.17, 15) is 39.0 Å². The lowest BCUT2D eigenvalue weighted by atomic mass is 9.96. The summed E-state index contributed by atoms with van der Waals surface area (Å²) in [4.78, 5) is 81.9. The van der Waals surface area contributed by atoms with Crippen molar-refractivity contribution >= 4 is 35.5 Å². The van der Waals surface area contributed by atoms with Crippen molar-refractivity contribution in [3.63, 3.8) is 0 Å². The average molecular weight is 746 g/mol. The number of aromatic hydroxyl groups is 1. The van der Waals surface area contributed by atoms with Crippen LogP contribution >= 0.6 is 0 Å². The monoisotopic (exact) mass is 745 g/mol. The molecule has 0 unspecified atom stereocenters. The van der Waals surface area contributed by atoms with Gasteiger partial charge in [0, 0.05) is 13.0 Å². The van der Waals surface area contributed by atoms with Gasteiger partial charge in [-0.05, 0) is 74.1 Å². The average Bonchev–Trinajstić information content (AvgIpc) is 3.62. The molecule has 5 amide bonds. The zero-order valence-corrected chi connectivity index (χ0v) is 32.2. The number of nitrogens with one attached hydrogen (secondary N) is 4. The number of benzene rings is 1. The Morgan fingerprint density at radius 3 is 2.00 bits per heavy atom. The quantitative estimate of drug-likeness (QED) is 0.0796. The number of phenolic OH excluding ortho intramolecular Hbond substituents is 1. The van der Waals surface area contributed by atoms with Gasteiger partial charge in [0.1, 0.15) is 36.0 Å². The summed E-state index contributed by atoms with van der Waals surface area (Å²) in [5.41, 5.74) is 12.3. The molecule has 298 valence electrons. The second kappa shape index (κ2) is 22.1. The van der Waals surface area contributed by atoms with Crippen molar-refractivity contribution < 1.29 is 39.0 Å². The summed E-state index contributed by atoms with van der Waals surface area (Å²) in [6.45, 7) is 11.8. The van der Waals surface area contributed by atoms with Crippen molar-refractivity contribution in [3.05, 3.63) is 29.8 Å². The number of rotatable bonds is 22. The Bertz CT molecular complexity index is 1370. The second-order valence-electron chi connectivity index (χ2n) is 14.8. The highest BCUT2D eigenvalue weighted by atomic mass is 16.4. The first kappa shape index (κ1) is 44.9. The maximum absolute atomic E-state index is 14.0. The van der Waals surface area contributed by atoms with Crippen LogP contribution in [0.15, 0.2) is 24.3 Å². The summed E-state index contributed by atoms with van der Waals surface area (Å²) in [5, 5.41) is 30.5. The number of likely N-dealkylation sites (tertiary alicyclic amines) is 1. The molecule has 1 heterocycles. The molecular formula is C38H63N7O8. The van der Waals surface area contributed by atoms with Gasteiger partial charge in [-0.15, -0.1) is 0 Å². The fourth-order valence-corrected chi connectivity index (χ4v) is 6.32. The van der Waals surface area contributed by atoms with Crippen molar-refractivity contribution in [2.75, 3.05) is 13.1 Å². The Morgan fingerprint density at radius 1 is 0.830 bits per heavy atom. The number of carbonyl (C=O) groups excluding carboxylic acids is 5. The molecule has 1 aliphatic rings. The number of aliphatic carboxylic acids is 1. The molecule has 1 aliphatic heterocycles. The van der Waals surface area contributed by atoms with Crippen LogP contribution in [-0.4, -0.2) is 100.0 Å². The fraction of sp³-hybridized carbons (Fsp3) is 0.684. The van der Waals surface area contributed by atoms with E-state index >= 15 is 0 Å². The van der Waals surface area contributed by atoms with Crippen LogP contribution in [0.3, 0.4) is 0 Å². The molecule has 1 saturated heterocycles. The van der Waals surface area contributed by atoms with E-state index in [2.05, 4.69) is 21.3 Å². The van der Waals surface area contributed by atoms with Gasteiger partial charge in [0.15, 0.2) is 0 Å². The van der Waals surface area contributed by atoms with Gasteiger partial charge in [-0.3, -0.25) is 24.0 Å². The summed E-state index contributed by atoms with van der Waals surface area (Å²) in [7, 11) is 0. The molecule has 0 aromatic heterocycles. The van der Waals surface area contributed by atoms with E-state index in [1.165, 1.54) is 17.0 Å². The maximum atomic E-state index is 14.0. The molecule has 2 rings (SSSR count). The van der Waals surface area contributed by atoms with Gasteiger partial charge >= 0.3 is 5.97 Å². The van der Waals surface area contributed by atoms with Crippen LogP contribution in [0.4, 0.5) is 0 Å². The molecule has 0 bridgehead atoms. The third kappa shape index (κ3) is 13.9. The third-order valence-corrected chi connectivity index (χ3v) is 10.0. The standard InChI is InChI=1S/C38H63N7O8/c1-7-23(5)31(36(50)42-29(38(52)53)20-22(3)4)43-34(48)28(21-25-14-16-26(46)17-15-25)41-35(49)30-13-11-19-45(30)37(51)32(24(6)8-2)44-33(47)27(40)12-9-10-18-39/h14-17,22-24,27-32,46H,7-13,18-21,39-40H2,1-6H3,(H,41,49)(H,42,50)(H,43,48)(H,44,47)(H,52,53)/t23-,24-,27-,28-,29-,30-,31-,32-/m0/s1. The molecule has 8 atom stereocenters. The predicted molar refractivity (Wildman–Crippen MR) is 201 cm³/mol. The summed E-state index contributed by atoms with van der Waals surface area (Å²) in [6, 6.07) is -0.00774. The van der Waals surface area contributed by atoms with Crippen molar-refractivity contribution in [1.82, 2.24) is 26.2 Å². The number of phenols is 1. The minimum absolute atomic E-state index is 0.00788. The van der Waals surface area contributed by atoms with Crippen LogP contribution in [0, 0.1) is 17.8 Å². The van der Waals surface area contributed by atoms with Crippen LogP contribution in [0.1, 0.15) is 98.5 Å². The van der Waals surface area contributed by atoms with E-state index < -0.39 is 71.8 Å². The molecule has 1 aromatic carbocycles. The molecule has 15 nitrogen and oxygen atoms in total. The van der Waals surface area contributed by atoms with E-state index in [-0.39, 0.29) is 42.9 Å². The van der Waals surface area contributed by atoms with Gasteiger partial charge in [0.25, 0.3) is 0 Å². The first-order valence-electron chi connectivity index (χ1n) is 19.0. The lowest BCUT2D eigenvalue weighted by molar-refractivity contribution is -0.143. The Morgan fingerprint density at radius 2 is 1.43 bits per heavy atom. The Kier molecular flexibility index (Phi) is 18.7. The number of nitrogens with two attached hydrogens (primary N) is 2. The minimum atomic E-state index is -1.20. The van der Waals surface area contributed by atoms with Crippen molar-refractivity contribution in [3.8, 4) is 5.75 Å². The predicted octanol–water partition coefficient (Wildman–Crippen LogP) is 1.54. The molecule has 0 radical (unpaired) electrons. The van der Waals surface area contributed by atoms with Gasteiger partial charge in [0.05, 0.1) is 6.04 Å². The van der Waals surface area contributed by atoms with E-state index in [1.807, 2.05) is 34.6 Å². The highest BCUT2D eigenvalue weighted by Crippen LogP contribution is 2.23. The lowest BCUT2D eigenvalue weighted by Crippen LogP contribution is -2.60. The van der Waals surface area contributed by atoms with Crippen LogP contribution in [-0.2, 0) is 35.2 Å². The van der Waals surface area contributed by atoms with E-state index in [1.54, 1.807) is 19.1 Å². The van der Waals surface area contributed by atoms with Crippen LogP contribution < -0.4 is 32.7 Å².